The van der Waals surface area contributed by atoms with Crippen LogP contribution in [0, 0.1) is 17.8 Å². The molecule has 0 radical (unpaired) electrons. The third-order valence-corrected chi connectivity index (χ3v) is 7.02. The largest absolute Gasteiger partial charge is 0.346 e. The fourth-order valence-corrected chi connectivity index (χ4v) is 6.01. The average Bonchev–Trinajstić information content (AvgIpc) is 2.47. The van der Waals surface area contributed by atoms with Crippen LogP contribution in [0.25, 0.3) is 0 Å². The minimum absolute atomic E-state index is 0.328. The van der Waals surface area contributed by atoms with Crippen molar-refractivity contribution in [3.8, 4) is 0 Å². The Bertz CT molecular complexity index is 548. The third-order valence-electron chi connectivity index (χ3n) is 6.12. The van der Waals surface area contributed by atoms with E-state index in [0.717, 1.165) is 33.0 Å². The maximum Gasteiger partial charge on any atom is 0.173 e. The molecule has 22 heavy (non-hydrogen) atoms. The lowest BCUT2D eigenvalue weighted by Crippen LogP contribution is -2.60. The molecular formula is C18H23BrN2S. The van der Waals surface area contributed by atoms with E-state index in [1.165, 1.54) is 38.5 Å². The van der Waals surface area contributed by atoms with Gasteiger partial charge in [0.05, 0.1) is 0 Å². The standard InChI is InChI=1S/C18H23BrN2S/c1-21(17(22)20-16-4-2-15(19)3-5-16)18-9-12-6-13(10-18)8-14(7-12)11-18/h2-5,12-14H,6-11H2,1H3,(H,20,22). The Balaban J connectivity index is 1.50. The van der Waals surface area contributed by atoms with Crippen LogP contribution >= 0.6 is 28.1 Å². The smallest absolute Gasteiger partial charge is 0.173 e. The molecule has 0 aromatic heterocycles. The van der Waals surface area contributed by atoms with Gasteiger partial charge in [0.2, 0.25) is 0 Å². The molecule has 1 N–H and O–H groups in total. The van der Waals surface area contributed by atoms with Crippen LogP contribution in [0.2, 0.25) is 0 Å². The molecule has 0 heterocycles. The fraction of sp³-hybridized carbons (Fsp3) is 0.611. The number of rotatable bonds is 2. The van der Waals surface area contributed by atoms with Gasteiger partial charge in [0.25, 0.3) is 0 Å². The predicted molar refractivity (Wildman–Crippen MR) is 99.0 cm³/mol. The van der Waals surface area contributed by atoms with E-state index in [4.69, 9.17) is 12.2 Å². The Labute approximate surface area is 146 Å². The van der Waals surface area contributed by atoms with E-state index >= 15 is 0 Å². The van der Waals surface area contributed by atoms with Crippen molar-refractivity contribution in [3.05, 3.63) is 28.7 Å². The Morgan fingerprint density at radius 3 is 2.09 bits per heavy atom. The van der Waals surface area contributed by atoms with Crippen LogP contribution in [-0.4, -0.2) is 22.6 Å². The average molecular weight is 379 g/mol. The summed E-state index contributed by atoms with van der Waals surface area (Å²) < 4.78 is 1.10. The topological polar surface area (TPSA) is 15.3 Å². The van der Waals surface area contributed by atoms with Crippen molar-refractivity contribution in [2.75, 3.05) is 12.4 Å². The highest BCUT2D eigenvalue weighted by Crippen LogP contribution is 2.57. The van der Waals surface area contributed by atoms with E-state index < -0.39 is 0 Å². The molecule has 0 unspecified atom stereocenters. The predicted octanol–water partition coefficient (Wildman–Crippen LogP) is 5.05. The van der Waals surface area contributed by atoms with Gasteiger partial charge in [-0.05, 0) is 92.8 Å². The van der Waals surface area contributed by atoms with Crippen LogP contribution < -0.4 is 5.32 Å². The number of anilines is 1. The summed E-state index contributed by atoms with van der Waals surface area (Å²) in [6.45, 7) is 0. The monoisotopic (exact) mass is 378 g/mol. The minimum atomic E-state index is 0.328. The summed E-state index contributed by atoms with van der Waals surface area (Å²) in [5.74, 6) is 2.84. The zero-order valence-electron chi connectivity index (χ0n) is 13.0. The van der Waals surface area contributed by atoms with Gasteiger partial charge in [-0.1, -0.05) is 15.9 Å². The molecule has 1 aromatic carbocycles. The fourth-order valence-electron chi connectivity index (χ4n) is 5.43. The maximum absolute atomic E-state index is 5.73. The highest BCUT2D eigenvalue weighted by molar-refractivity contribution is 9.10. The summed E-state index contributed by atoms with van der Waals surface area (Å²) in [6.07, 6.45) is 8.45. The molecular weight excluding hydrogens is 356 g/mol. The quantitative estimate of drug-likeness (QED) is 0.725. The first-order valence-electron chi connectivity index (χ1n) is 8.34. The van der Waals surface area contributed by atoms with Gasteiger partial charge in [-0.3, -0.25) is 0 Å². The lowest BCUT2D eigenvalue weighted by atomic mass is 9.52. The molecule has 4 heteroatoms. The summed E-state index contributed by atoms with van der Waals surface area (Å²) >= 11 is 9.21. The van der Waals surface area contributed by atoms with E-state index in [1.807, 2.05) is 0 Å². The highest BCUT2D eigenvalue weighted by Gasteiger charge is 2.53. The van der Waals surface area contributed by atoms with Gasteiger partial charge < -0.3 is 10.2 Å². The van der Waals surface area contributed by atoms with Crippen LogP contribution in [0.5, 0.6) is 0 Å². The zero-order valence-corrected chi connectivity index (χ0v) is 15.4. The molecule has 0 saturated heterocycles. The molecule has 0 aliphatic heterocycles. The van der Waals surface area contributed by atoms with Crippen LogP contribution in [0.4, 0.5) is 5.69 Å². The summed E-state index contributed by atoms with van der Waals surface area (Å²) in [5.41, 5.74) is 1.40. The number of benzene rings is 1. The van der Waals surface area contributed by atoms with E-state index in [1.54, 1.807) is 0 Å². The Hall–Kier alpha value is -0.610. The number of thiocarbonyl (C=S) groups is 1. The molecule has 118 valence electrons. The molecule has 4 bridgehead atoms. The van der Waals surface area contributed by atoms with Crippen molar-refractivity contribution < 1.29 is 0 Å². The number of nitrogens with zero attached hydrogens (tertiary/aromatic N) is 1. The molecule has 0 spiro atoms. The van der Waals surface area contributed by atoms with Gasteiger partial charge in [-0.15, -0.1) is 0 Å². The Kier molecular flexibility index (Phi) is 3.73. The number of hydrogen-bond donors (Lipinski definition) is 1. The van der Waals surface area contributed by atoms with Gasteiger partial charge in [-0.2, -0.15) is 0 Å². The molecule has 2 nitrogen and oxygen atoms in total. The van der Waals surface area contributed by atoms with Crippen LogP contribution in [0.15, 0.2) is 28.7 Å². The van der Waals surface area contributed by atoms with E-state index in [9.17, 15) is 0 Å². The first-order valence-corrected chi connectivity index (χ1v) is 9.55. The van der Waals surface area contributed by atoms with Gasteiger partial charge >= 0.3 is 0 Å². The van der Waals surface area contributed by atoms with Gasteiger partial charge in [0, 0.05) is 22.7 Å². The molecule has 4 aliphatic carbocycles. The second-order valence-electron chi connectivity index (χ2n) is 7.64. The van der Waals surface area contributed by atoms with Crippen molar-refractivity contribution in [3.63, 3.8) is 0 Å². The number of nitrogens with one attached hydrogen (secondary N) is 1. The summed E-state index contributed by atoms with van der Waals surface area (Å²) in [5, 5.41) is 4.31. The Morgan fingerprint density at radius 1 is 1.09 bits per heavy atom. The van der Waals surface area contributed by atoms with Gasteiger partial charge in [0.15, 0.2) is 5.11 Å². The lowest BCUT2D eigenvalue weighted by Gasteiger charge is -2.60. The normalized spacial score (nSPS) is 35.5. The first kappa shape index (κ1) is 14.9. The third kappa shape index (κ3) is 2.58. The lowest BCUT2D eigenvalue weighted by molar-refractivity contribution is -0.0538. The van der Waals surface area contributed by atoms with E-state index in [0.29, 0.717) is 5.54 Å². The summed E-state index contributed by atoms with van der Waals surface area (Å²) in [7, 11) is 2.21. The van der Waals surface area contributed by atoms with Crippen molar-refractivity contribution in [1.29, 1.82) is 0 Å². The van der Waals surface area contributed by atoms with Crippen LogP contribution in [-0.2, 0) is 0 Å². The molecule has 1 aromatic rings. The minimum Gasteiger partial charge on any atom is -0.346 e. The van der Waals surface area contributed by atoms with Gasteiger partial charge in [-0.25, -0.2) is 0 Å². The molecule has 4 fully saturated rings. The van der Waals surface area contributed by atoms with Crippen LogP contribution in [0.1, 0.15) is 38.5 Å². The summed E-state index contributed by atoms with van der Waals surface area (Å²) in [4.78, 5) is 2.40. The van der Waals surface area contributed by atoms with Crippen molar-refractivity contribution in [1.82, 2.24) is 4.90 Å². The van der Waals surface area contributed by atoms with Crippen molar-refractivity contribution in [2.24, 2.45) is 17.8 Å². The molecule has 4 saturated carbocycles. The SMILES string of the molecule is CN(C(=S)Nc1ccc(Br)cc1)C12CC3CC(CC(C3)C1)C2. The second kappa shape index (κ2) is 5.48. The van der Waals surface area contributed by atoms with Crippen LogP contribution in [0.3, 0.4) is 0 Å². The maximum atomic E-state index is 5.73. The summed E-state index contributed by atoms with van der Waals surface area (Å²) in [6, 6.07) is 8.25. The molecule has 0 atom stereocenters. The molecule has 0 amide bonds. The first-order chi connectivity index (χ1) is 10.5. The second-order valence-corrected chi connectivity index (χ2v) is 8.94. The van der Waals surface area contributed by atoms with Gasteiger partial charge in [0.1, 0.15) is 0 Å². The van der Waals surface area contributed by atoms with E-state index in [-0.39, 0.29) is 0 Å². The van der Waals surface area contributed by atoms with E-state index in [2.05, 4.69) is 57.5 Å². The van der Waals surface area contributed by atoms with Crippen molar-refractivity contribution in [2.45, 2.75) is 44.1 Å². The highest BCUT2D eigenvalue weighted by atomic mass is 79.9. The number of hydrogen-bond acceptors (Lipinski definition) is 1. The van der Waals surface area contributed by atoms with Crippen molar-refractivity contribution >= 4 is 38.9 Å². The molecule has 5 rings (SSSR count). The number of halogens is 1. The molecule has 4 aliphatic rings. The Morgan fingerprint density at radius 2 is 1.59 bits per heavy atom. The zero-order chi connectivity index (χ0) is 15.3.